The molecule has 104 valence electrons. The Morgan fingerprint density at radius 2 is 1.76 bits per heavy atom. The number of H-pyrrole nitrogens is 1. The highest BCUT2D eigenvalue weighted by atomic mass is 79.9. The molecule has 0 atom stereocenters. The fraction of sp³-hybridized carbons (Fsp3) is 0. The van der Waals surface area contributed by atoms with Crippen molar-refractivity contribution in [2.75, 3.05) is 5.73 Å². The van der Waals surface area contributed by atoms with Gasteiger partial charge < -0.3 is 10.7 Å². The molecule has 1 aromatic carbocycles. The number of anilines is 1. The third kappa shape index (κ3) is 2.50. The quantitative estimate of drug-likeness (QED) is 0.735. The monoisotopic (exact) mass is 382 g/mol. The third-order valence-electron chi connectivity index (χ3n) is 2.77. The standard InChI is InChI=1S/C13H5BrCl2N4O/c14-8-2-1-5(10(15)11(8)16)9-6(3-17)12(19)20-13(21)7(9)4-18/h1-2H,(H3,19,20,21). The average molecular weight is 384 g/mol. The summed E-state index contributed by atoms with van der Waals surface area (Å²) in [5.74, 6) is -0.133. The van der Waals surface area contributed by atoms with Crippen molar-refractivity contribution in [1.82, 2.24) is 4.98 Å². The molecule has 0 fully saturated rings. The molecule has 0 aliphatic carbocycles. The predicted octanol–water partition coefficient (Wildman–Crippen LogP) is 3.44. The van der Waals surface area contributed by atoms with E-state index in [4.69, 9.17) is 28.9 Å². The van der Waals surface area contributed by atoms with E-state index in [1.807, 2.05) is 6.07 Å². The van der Waals surface area contributed by atoms with Crippen molar-refractivity contribution in [3.63, 3.8) is 0 Å². The largest absolute Gasteiger partial charge is 0.384 e. The minimum atomic E-state index is -0.695. The van der Waals surface area contributed by atoms with Crippen molar-refractivity contribution in [3.8, 4) is 23.3 Å². The maximum atomic E-state index is 11.8. The Kier molecular flexibility index (Phi) is 4.24. The van der Waals surface area contributed by atoms with Gasteiger partial charge in [0.15, 0.2) is 0 Å². The number of nitrogens with one attached hydrogen (secondary N) is 1. The van der Waals surface area contributed by atoms with Gasteiger partial charge in [0.05, 0.1) is 10.0 Å². The first-order valence-corrected chi connectivity index (χ1v) is 6.97. The van der Waals surface area contributed by atoms with Gasteiger partial charge >= 0.3 is 0 Å². The van der Waals surface area contributed by atoms with Crippen molar-refractivity contribution in [3.05, 3.63) is 48.1 Å². The molecule has 1 heterocycles. The lowest BCUT2D eigenvalue weighted by molar-refractivity contribution is 1.21. The fourth-order valence-corrected chi connectivity index (χ4v) is 2.70. The lowest BCUT2D eigenvalue weighted by Crippen LogP contribution is -2.16. The van der Waals surface area contributed by atoms with Crippen LogP contribution in [-0.4, -0.2) is 4.98 Å². The number of nitrogens with zero attached hydrogens (tertiary/aromatic N) is 2. The highest BCUT2D eigenvalue weighted by Gasteiger charge is 2.21. The van der Waals surface area contributed by atoms with Gasteiger partial charge in [-0.2, -0.15) is 10.5 Å². The van der Waals surface area contributed by atoms with Crippen LogP contribution in [0.5, 0.6) is 0 Å². The summed E-state index contributed by atoms with van der Waals surface area (Å²) >= 11 is 15.4. The molecule has 2 rings (SSSR count). The van der Waals surface area contributed by atoms with Crippen LogP contribution in [0.15, 0.2) is 21.4 Å². The Labute approximate surface area is 137 Å². The summed E-state index contributed by atoms with van der Waals surface area (Å²) in [6.07, 6.45) is 0. The van der Waals surface area contributed by atoms with E-state index in [2.05, 4.69) is 20.9 Å². The van der Waals surface area contributed by atoms with Gasteiger partial charge in [-0.15, -0.1) is 0 Å². The van der Waals surface area contributed by atoms with Gasteiger partial charge in [0.2, 0.25) is 0 Å². The molecule has 8 heteroatoms. The zero-order chi connectivity index (χ0) is 15.7. The zero-order valence-electron chi connectivity index (χ0n) is 10.2. The Bertz CT molecular complexity index is 893. The molecule has 2 aromatic rings. The Hall–Kier alpha value is -1.99. The molecule has 3 N–H and O–H groups in total. The second-order valence-electron chi connectivity index (χ2n) is 3.94. The molecule has 0 aliphatic heterocycles. The lowest BCUT2D eigenvalue weighted by atomic mass is 9.96. The van der Waals surface area contributed by atoms with Crippen molar-refractivity contribution < 1.29 is 0 Å². The van der Waals surface area contributed by atoms with E-state index in [0.29, 0.717) is 4.47 Å². The van der Waals surface area contributed by atoms with E-state index in [-0.39, 0.29) is 38.1 Å². The van der Waals surface area contributed by atoms with Crippen LogP contribution in [0.1, 0.15) is 11.1 Å². The molecular formula is C13H5BrCl2N4O. The van der Waals surface area contributed by atoms with Gasteiger partial charge in [0.1, 0.15) is 29.1 Å². The van der Waals surface area contributed by atoms with Crippen LogP contribution in [0.4, 0.5) is 5.82 Å². The molecule has 0 amide bonds. The van der Waals surface area contributed by atoms with Crippen LogP contribution < -0.4 is 11.3 Å². The molecule has 0 aliphatic rings. The highest BCUT2D eigenvalue weighted by Crippen LogP contribution is 2.40. The number of aromatic amines is 1. The first kappa shape index (κ1) is 15.4. The van der Waals surface area contributed by atoms with Crippen LogP contribution in [0, 0.1) is 22.7 Å². The molecule has 21 heavy (non-hydrogen) atoms. The van der Waals surface area contributed by atoms with Crippen LogP contribution in [0.25, 0.3) is 11.1 Å². The Morgan fingerprint density at radius 3 is 2.33 bits per heavy atom. The molecule has 5 nitrogen and oxygen atoms in total. The Balaban J connectivity index is 3.01. The maximum Gasteiger partial charge on any atom is 0.268 e. The number of pyridine rings is 1. The van der Waals surface area contributed by atoms with Crippen molar-refractivity contribution in [2.24, 2.45) is 0 Å². The average Bonchev–Trinajstić information content (AvgIpc) is 2.44. The summed E-state index contributed by atoms with van der Waals surface area (Å²) in [6, 6.07) is 6.78. The van der Waals surface area contributed by atoms with Crippen molar-refractivity contribution in [1.29, 1.82) is 10.5 Å². The van der Waals surface area contributed by atoms with Crippen LogP contribution in [0.2, 0.25) is 10.0 Å². The second-order valence-corrected chi connectivity index (χ2v) is 5.55. The fourth-order valence-electron chi connectivity index (χ4n) is 1.83. The van der Waals surface area contributed by atoms with Gasteiger partial charge in [-0.05, 0) is 22.0 Å². The van der Waals surface area contributed by atoms with E-state index >= 15 is 0 Å². The molecule has 0 saturated heterocycles. The SMILES string of the molecule is N#Cc1c(N)[nH]c(=O)c(C#N)c1-c1ccc(Br)c(Cl)c1Cl. The van der Waals surface area contributed by atoms with Gasteiger partial charge in [-0.1, -0.05) is 29.3 Å². The molecule has 0 bridgehead atoms. The van der Waals surface area contributed by atoms with Gasteiger partial charge in [-0.25, -0.2) is 0 Å². The first-order chi connectivity index (χ1) is 9.92. The van der Waals surface area contributed by atoms with Crippen LogP contribution >= 0.6 is 39.1 Å². The van der Waals surface area contributed by atoms with E-state index in [1.165, 1.54) is 0 Å². The van der Waals surface area contributed by atoms with E-state index < -0.39 is 5.56 Å². The number of aromatic nitrogens is 1. The van der Waals surface area contributed by atoms with Crippen LogP contribution in [-0.2, 0) is 0 Å². The number of hydrogen-bond acceptors (Lipinski definition) is 4. The smallest absolute Gasteiger partial charge is 0.268 e. The van der Waals surface area contributed by atoms with E-state index in [1.54, 1.807) is 18.2 Å². The summed E-state index contributed by atoms with van der Waals surface area (Å²) in [6.45, 7) is 0. The van der Waals surface area contributed by atoms with E-state index in [0.717, 1.165) is 0 Å². The van der Waals surface area contributed by atoms with Gasteiger partial charge in [0, 0.05) is 15.6 Å². The summed E-state index contributed by atoms with van der Waals surface area (Å²) in [7, 11) is 0. The summed E-state index contributed by atoms with van der Waals surface area (Å²) in [4.78, 5) is 14.1. The topological polar surface area (TPSA) is 106 Å². The first-order valence-electron chi connectivity index (χ1n) is 5.42. The van der Waals surface area contributed by atoms with Gasteiger partial charge in [0.25, 0.3) is 5.56 Å². The zero-order valence-corrected chi connectivity index (χ0v) is 13.3. The molecule has 1 aromatic heterocycles. The number of nitrogen functional groups attached to an aromatic ring is 1. The maximum absolute atomic E-state index is 11.8. The van der Waals surface area contributed by atoms with Crippen molar-refractivity contribution >= 4 is 44.9 Å². The summed E-state index contributed by atoms with van der Waals surface area (Å²) in [5, 5.41) is 18.7. The summed E-state index contributed by atoms with van der Waals surface area (Å²) < 4.78 is 0.549. The summed E-state index contributed by atoms with van der Waals surface area (Å²) in [5.41, 5.74) is 5.02. The molecule has 0 radical (unpaired) electrons. The predicted molar refractivity (Wildman–Crippen MR) is 84.1 cm³/mol. The Morgan fingerprint density at radius 1 is 1.14 bits per heavy atom. The molecule has 0 saturated carbocycles. The van der Waals surface area contributed by atoms with Crippen molar-refractivity contribution in [2.45, 2.75) is 0 Å². The highest BCUT2D eigenvalue weighted by molar-refractivity contribution is 9.10. The molecule has 0 spiro atoms. The second kappa shape index (κ2) is 5.79. The van der Waals surface area contributed by atoms with E-state index in [9.17, 15) is 15.3 Å². The minimum Gasteiger partial charge on any atom is -0.384 e. The number of benzene rings is 1. The normalized spacial score (nSPS) is 9.95. The third-order valence-corrected chi connectivity index (χ3v) is 4.54. The number of nitriles is 2. The number of rotatable bonds is 1. The number of hydrogen-bond donors (Lipinski definition) is 2. The van der Waals surface area contributed by atoms with Crippen LogP contribution in [0.3, 0.4) is 0 Å². The lowest BCUT2D eigenvalue weighted by Gasteiger charge is -2.11. The van der Waals surface area contributed by atoms with Gasteiger partial charge in [-0.3, -0.25) is 4.79 Å². The minimum absolute atomic E-state index is 0.0357. The molecular weight excluding hydrogens is 379 g/mol. The molecule has 0 unspecified atom stereocenters. The number of halogens is 3. The number of nitrogens with two attached hydrogens (primary N) is 1.